The Hall–Kier alpha value is -3.52. The van der Waals surface area contributed by atoms with Crippen molar-refractivity contribution in [1.82, 2.24) is 30.1 Å². The van der Waals surface area contributed by atoms with Crippen LogP contribution in [-0.2, 0) is 4.74 Å². The number of carbonyl (C=O) groups is 1. The average molecular weight is 402 g/mol. The molecule has 1 fully saturated rings. The number of H-pyrrole nitrogens is 1. The third-order valence-electron chi connectivity index (χ3n) is 5.65. The van der Waals surface area contributed by atoms with E-state index in [9.17, 15) is 4.79 Å². The lowest BCUT2D eigenvalue weighted by Crippen LogP contribution is -2.40. The van der Waals surface area contributed by atoms with Crippen molar-refractivity contribution in [3.8, 4) is 17.1 Å². The van der Waals surface area contributed by atoms with Gasteiger partial charge < -0.3 is 9.64 Å². The van der Waals surface area contributed by atoms with Crippen LogP contribution in [0.3, 0.4) is 0 Å². The number of rotatable bonds is 4. The maximum Gasteiger partial charge on any atom is 0.253 e. The van der Waals surface area contributed by atoms with Gasteiger partial charge in [0.2, 0.25) is 0 Å². The Bertz CT molecular complexity index is 1170. The predicted octanol–water partition coefficient (Wildman–Crippen LogP) is 3.06. The molecule has 1 aliphatic rings. The highest BCUT2D eigenvalue weighted by molar-refractivity contribution is 5.94. The van der Waals surface area contributed by atoms with E-state index in [0.717, 1.165) is 48.2 Å². The third kappa shape index (κ3) is 3.35. The van der Waals surface area contributed by atoms with E-state index in [1.807, 2.05) is 59.6 Å². The van der Waals surface area contributed by atoms with Gasteiger partial charge in [-0.05, 0) is 43.2 Å². The first-order valence-corrected chi connectivity index (χ1v) is 10.0. The molecule has 30 heavy (non-hydrogen) atoms. The van der Waals surface area contributed by atoms with Crippen LogP contribution in [0.2, 0.25) is 0 Å². The van der Waals surface area contributed by atoms with Gasteiger partial charge in [0.05, 0.1) is 23.5 Å². The molecule has 0 saturated carbocycles. The van der Waals surface area contributed by atoms with E-state index in [2.05, 4.69) is 20.5 Å². The Labute approximate surface area is 173 Å². The van der Waals surface area contributed by atoms with Gasteiger partial charge in [-0.3, -0.25) is 9.89 Å². The molecule has 4 aromatic rings. The van der Waals surface area contributed by atoms with Gasteiger partial charge in [-0.1, -0.05) is 23.4 Å². The van der Waals surface area contributed by atoms with E-state index in [-0.39, 0.29) is 12.0 Å². The summed E-state index contributed by atoms with van der Waals surface area (Å²) in [6.07, 6.45) is 3.85. The fourth-order valence-corrected chi connectivity index (χ4v) is 3.89. The fraction of sp³-hybridized carbons (Fsp3) is 0.273. The van der Waals surface area contributed by atoms with Gasteiger partial charge in [0, 0.05) is 31.1 Å². The first-order valence-electron chi connectivity index (χ1n) is 10.0. The second kappa shape index (κ2) is 7.72. The van der Waals surface area contributed by atoms with Crippen molar-refractivity contribution in [2.24, 2.45) is 0 Å². The number of aromatic nitrogens is 5. The van der Waals surface area contributed by atoms with Gasteiger partial charge in [0.15, 0.2) is 0 Å². The summed E-state index contributed by atoms with van der Waals surface area (Å²) in [5.74, 6) is 0.0541. The highest BCUT2D eigenvalue weighted by atomic mass is 16.5. The molecular formula is C22H22N6O2. The second-order valence-corrected chi connectivity index (χ2v) is 7.44. The average Bonchev–Trinajstić information content (AvgIpc) is 3.46. The van der Waals surface area contributed by atoms with E-state index < -0.39 is 0 Å². The van der Waals surface area contributed by atoms with Crippen molar-refractivity contribution in [2.45, 2.75) is 18.9 Å². The van der Waals surface area contributed by atoms with Crippen molar-refractivity contribution in [3.63, 3.8) is 0 Å². The topological polar surface area (TPSA) is 88.9 Å². The van der Waals surface area contributed by atoms with Crippen LogP contribution >= 0.6 is 0 Å². The van der Waals surface area contributed by atoms with E-state index in [4.69, 9.17) is 4.74 Å². The molecule has 0 radical (unpaired) electrons. The Kier molecular flexibility index (Phi) is 4.76. The number of para-hydroxylation sites is 1. The van der Waals surface area contributed by atoms with Crippen molar-refractivity contribution in [1.29, 1.82) is 0 Å². The quantitative estimate of drug-likeness (QED) is 0.567. The molecule has 152 valence electrons. The number of carbonyl (C=O) groups excluding carboxylic acids is 1. The minimum atomic E-state index is 0.0541. The minimum absolute atomic E-state index is 0.0541. The number of aromatic amines is 1. The van der Waals surface area contributed by atoms with Crippen LogP contribution in [0.15, 0.2) is 54.7 Å². The number of likely N-dealkylation sites (tertiary alicyclic amines) is 1. The summed E-state index contributed by atoms with van der Waals surface area (Å²) < 4.78 is 7.07. The number of nitrogens with zero attached hydrogens (tertiary/aromatic N) is 5. The van der Waals surface area contributed by atoms with E-state index in [1.54, 1.807) is 11.8 Å². The Balaban J connectivity index is 1.33. The largest absolute Gasteiger partial charge is 0.381 e. The highest BCUT2D eigenvalue weighted by Gasteiger charge is 2.23. The number of hydrogen-bond acceptors (Lipinski definition) is 5. The van der Waals surface area contributed by atoms with Gasteiger partial charge in [-0.2, -0.15) is 5.10 Å². The summed E-state index contributed by atoms with van der Waals surface area (Å²) in [5, 5.41) is 16.9. The molecule has 0 aliphatic carbocycles. The number of hydrogen-bond donors (Lipinski definition) is 1. The molecular weight excluding hydrogens is 380 g/mol. The zero-order chi connectivity index (χ0) is 20.5. The summed E-state index contributed by atoms with van der Waals surface area (Å²) in [7, 11) is 1.73. The lowest BCUT2D eigenvalue weighted by Gasteiger charge is -2.31. The third-order valence-corrected chi connectivity index (χ3v) is 5.65. The number of methoxy groups -OCH3 is 1. The van der Waals surface area contributed by atoms with Crippen molar-refractivity contribution < 1.29 is 9.53 Å². The molecule has 5 rings (SSSR count). The molecule has 1 N–H and O–H groups in total. The fourth-order valence-electron chi connectivity index (χ4n) is 3.89. The smallest absolute Gasteiger partial charge is 0.253 e. The van der Waals surface area contributed by atoms with Crippen molar-refractivity contribution in [2.75, 3.05) is 20.2 Å². The normalized spacial score (nSPS) is 15.0. The molecule has 2 aromatic carbocycles. The van der Waals surface area contributed by atoms with E-state index >= 15 is 0 Å². The maximum atomic E-state index is 12.8. The predicted molar refractivity (Wildman–Crippen MR) is 112 cm³/mol. The number of nitrogens with one attached hydrogen (secondary N) is 1. The summed E-state index contributed by atoms with van der Waals surface area (Å²) in [4.78, 5) is 14.7. The zero-order valence-electron chi connectivity index (χ0n) is 16.7. The highest BCUT2D eigenvalue weighted by Crippen LogP contribution is 2.25. The summed E-state index contributed by atoms with van der Waals surface area (Å²) in [6.45, 7) is 1.45. The Morgan fingerprint density at radius 3 is 2.63 bits per heavy atom. The lowest BCUT2D eigenvalue weighted by molar-refractivity contribution is 0.0351. The van der Waals surface area contributed by atoms with Gasteiger partial charge in [-0.15, -0.1) is 5.10 Å². The molecule has 8 heteroatoms. The van der Waals surface area contributed by atoms with Gasteiger partial charge in [0.1, 0.15) is 11.4 Å². The zero-order valence-corrected chi connectivity index (χ0v) is 16.7. The minimum Gasteiger partial charge on any atom is -0.381 e. The van der Waals surface area contributed by atoms with Gasteiger partial charge in [-0.25, -0.2) is 4.68 Å². The number of piperidine rings is 1. The molecule has 1 saturated heterocycles. The summed E-state index contributed by atoms with van der Waals surface area (Å²) in [6, 6.07) is 15.4. The number of ether oxygens (including phenoxy) is 1. The Morgan fingerprint density at radius 1 is 1.10 bits per heavy atom. The van der Waals surface area contributed by atoms with Crippen LogP contribution in [0.25, 0.3) is 28.0 Å². The van der Waals surface area contributed by atoms with Crippen LogP contribution in [-0.4, -0.2) is 62.3 Å². The lowest BCUT2D eigenvalue weighted by atomic mass is 10.1. The number of benzene rings is 2. The van der Waals surface area contributed by atoms with Crippen molar-refractivity contribution >= 4 is 16.8 Å². The van der Waals surface area contributed by atoms with E-state index in [1.165, 1.54) is 0 Å². The monoisotopic (exact) mass is 402 g/mol. The van der Waals surface area contributed by atoms with Crippen LogP contribution in [0, 0.1) is 0 Å². The van der Waals surface area contributed by atoms with E-state index in [0.29, 0.717) is 11.3 Å². The SMILES string of the molecule is COC1CCN(C(=O)c2ccc(-n3cc(-c4n[nH]c5ccccc45)nn3)cc2)CC1. The van der Waals surface area contributed by atoms with Gasteiger partial charge in [0.25, 0.3) is 5.91 Å². The summed E-state index contributed by atoms with van der Waals surface area (Å²) in [5.41, 5.74) is 3.92. The summed E-state index contributed by atoms with van der Waals surface area (Å²) >= 11 is 0. The van der Waals surface area contributed by atoms with Crippen LogP contribution in [0.5, 0.6) is 0 Å². The maximum absolute atomic E-state index is 12.8. The molecule has 1 aliphatic heterocycles. The molecule has 2 aromatic heterocycles. The molecule has 0 atom stereocenters. The molecule has 8 nitrogen and oxygen atoms in total. The molecule has 1 amide bonds. The number of amides is 1. The number of fused-ring (bicyclic) bond motifs is 1. The van der Waals surface area contributed by atoms with Crippen LogP contribution in [0.1, 0.15) is 23.2 Å². The molecule has 3 heterocycles. The van der Waals surface area contributed by atoms with Crippen molar-refractivity contribution in [3.05, 3.63) is 60.3 Å². The van der Waals surface area contributed by atoms with Gasteiger partial charge >= 0.3 is 0 Å². The standard InChI is InChI=1S/C22H22N6O2/c1-30-17-10-12-27(13-11-17)22(29)15-6-8-16(9-7-15)28-14-20(24-26-28)21-18-4-2-3-5-19(18)23-25-21/h2-9,14,17H,10-13H2,1H3,(H,23,25). The van der Waals surface area contributed by atoms with Crippen LogP contribution < -0.4 is 0 Å². The molecule has 0 unspecified atom stereocenters. The molecule has 0 bridgehead atoms. The second-order valence-electron chi connectivity index (χ2n) is 7.44. The first-order chi connectivity index (χ1) is 14.7. The van der Waals surface area contributed by atoms with Crippen LogP contribution in [0.4, 0.5) is 0 Å². The first kappa shape index (κ1) is 18.5. The Morgan fingerprint density at radius 2 is 1.87 bits per heavy atom. The molecule has 0 spiro atoms.